The van der Waals surface area contributed by atoms with Crippen LogP contribution in [0.3, 0.4) is 0 Å². The standard InChI is InChI=1S/C14H21N3O3/c1-4-14(13(19)20)7-6-8-16(14)12(18)11-9-10(3)15-17(11)5-2/h9H,4-8H2,1-3H3,(H,19,20). The number of aliphatic carboxylic acids is 1. The zero-order valence-electron chi connectivity index (χ0n) is 12.2. The summed E-state index contributed by atoms with van der Waals surface area (Å²) < 4.78 is 1.64. The third-order valence-corrected chi connectivity index (χ3v) is 4.14. The van der Waals surface area contributed by atoms with Gasteiger partial charge in [-0.1, -0.05) is 6.92 Å². The molecular formula is C14H21N3O3. The van der Waals surface area contributed by atoms with Crippen molar-refractivity contribution in [1.82, 2.24) is 14.7 Å². The highest BCUT2D eigenvalue weighted by Crippen LogP contribution is 2.34. The van der Waals surface area contributed by atoms with E-state index in [1.807, 2.05) is 20.8 Å². The number of hydrogen-bond donors (Lipinski definition) is 1. The Bertz CT molecular complexity index is 538. The largest absolute Gasteiger partial charge is 0.479 e. The molecule has 1 aliphatic heterocycles. The summed E-state index contributed by atoms with van der Waals surface area (Å²) in [6.07, 6.45) is 1.67. The summed E-state index contributed by atoms with van der Waals surface area (Å²) in [6, 6.07) is 1.73. The van der Waals surface area contributed by atoms with Gasteiger partial charge in [-0.15, -0.1) is 0 Å². The van der Waals surface area contributed by atoms with Crippen LogP contribution in [0.2, 0.25) is 0 Å². The first-order chi connectivity index (χ1) is 9.46. The van der Waals surface area contributed by atoms with E-state index >= 15 is 0 Å². The Labute approximate surface area is 118 Å². The van der Waals surface area contributed by atoms with Gasteiger partial charge in [0.1, 0.15) is 11.2 Å². The third kappa shape index (κ3) is 2.09. The molecule has 0 bridgehead atoms. The number of carbonyl (C=O) groups excluding carboxylic acids is 1. The monoisotopic (exact) mass is 279 g/mol. The lowest BCUT2D eigenvalue weighted by Crippen LogP contribution is -2.53. The van der Waals surface area contributed by atoms with Gasteiger partial charge < -0.3 is 10.0 Å². The lowest BCUT2D eigenvalue weighted by molar-refractivity contribution is -0.148. The molecule has 0 saturated carbocycles. The lowest BCUT2D eigenvalue weighted by Gasteiger charge is -2.33. The lowest BCUT2D eigenvalue weighted by atomic mass is 9.93. The fraction of sp³-hybridized carbons (Fsp3) is 0.643. The maximum absolute atomic E-state index is 12.7. The van der Waals surface area contributed by atoms with Gasteiger partial charge in [0.2, 0.25) is 0 Å². The van der Waals surface area contributed by atoms with E-state index in [1.165, 1.54) is 4.90 Å². The highest BCUT2D eigenvalue weighted by molar-refractivity contribution is 5.97. The average molecular weight is 279 g/mol. The van der Waals surface area contributed by atoms with E-state index < -0.39 is 11.5 Å². The van der Waals surface area contributed by atoms with Gasteiger partial charge in [0, 0.05) is 13.1 Å². The van der Waals surface area contributed by atoms with Gasteiger partial charge >= 0.3 is 5.97 Å². The molecule has 1 atom stereocenters. The topological polar surface area (TPSA) is 75.4 Å². The van der Waals surface area contributed by atoms with Crippen LogP contribution in [0.5, 0.6) is 0 Å². The van der Waals surface area contributed by atoms with Crippen molar-refractivity contribution in [3.8, 4) is 0 Å². The normalized spacial score (nSPS) is 22.2. The second-order valence-electron chi connectivity index (χ2n) is 5.24. The van der Waals surface area contributed by atoms with Crippen LogP contribution >= 0.6 is 0 Å². The summed E-state index contributed by atoms with van der Waals surface area (Å²) in [5.41, 5.74) is 0.186. The van der Waals surface area contributed by atoms with Crippen molar-refractivity contribution in [3.05, 3.63) is 17.5 Å². The second kappa shape index (κ2) is 5.26. The molecule has 20 heavy (non-hydrogen) atoms. The van der Waals surface area contributed by atoms with Gasteiger partial charge in [-0.25, -0.2) is 4.79 Å². The number of carboxylic acids is 1. The minimum atomic E-state index is -1.06. The zero-order valence-corrected chi connectivity index (χ0v) is 12.2. The molecule has 1 N–H and O–H groups in total. The molecule has 110 valence electrons. The minimum Gasteiger partial charge on any atom is -0.479 e. The predicted octanol–water partition coefficient (Wildman–Crippen LogP) is 1.68. The number of hydrogen-bond acceptors (Lipinski definition) is 3. The summed E-state index contributed by atoms with van der Waals surface area (Å²) in [6.45, 7) is 6.65. The van der Waals surface area contributed by atoms with Gasteiger partial charge in [-0.05, 0) is 39.2 Å². The van der Waals surface area contributed by atoms with Crippen molar-refractivity contribution in [1.29, 1.82) is 0 Å². The zero-order chi connectivity index (χ0) is 14.9. The van der Waals surface area contributed by atoms with Crippen LogP contribution in [0.15, 0.2) is 6.07 Å². The average Bonchev–Trinajstić information content (AvgIpc) is 3.01. The SMILES string of the molecule is CCn1nc(C)cc1C(=O)N1CCCC1(CC)C(=O)O. The van der Waals surface area contributed by atoms with E-state index in [4.69, 9.17) is 0 Å². The Morgan fingerprint density at radius 3 is 2.70 bits per heavy atom. The molecule has 2 heterocycles. The van der Waals surface area contributed by atoms with Crippen LogP contribution in [0, 0.1) is 6.92 Å². The van der Waals surface area contributed by atoms with E-state index in [0.29, 0.717) is 31.6 Å². The number of carboxylic acid groups (broad SMARTS) is 1. The first-order valence-electron chi connectivity index (χ1n) is 7.06. The van der Waals surface area contributed by atoms with Crippen molar-refractivity contribution in [2.24, 2.45) is 0 Å². The van der Waals surface area contributed by atoms with E-state index in [0.717, 1.165) is 12.1 Å². The quantitative estimate of drug-likeness (QED) is 0.910. The Morgan fingerprint density at radius 2 is 2.15 bits per heavy atom. The molecule has 6 heteroatoms. The molecule has 0 aromatic carbocycles. The first kappa shape index (κ1) is 14.6. The molecule has 1 aromatic rings. The summed E-state index contributed by atoms with van der Waals surface area (Å²) in [4.78, 5) is 25.9. The summed E-state index contributed by atoms with van der Waals surface area (Å²) in [5, 5.41) is 13.8. The Morgan fingerprint density at radius 1 is 1.45 bits per heavy atom. The van der Waals surface area contributed by atoms with Gasteiger partial charge in [0.25, 0.3) is 5.91 Å². The van der Waals surface area contributed by atoms with Crippen LogP contribution in [-0.4, -0.2) is 43.7 Å². The van der Waals surface area contributed by atoms with Crippen LogP contribution in [0.1, 0.15) is 49.3 Å². The molecule has 0 spiro atoms. The summed E-state index contributed by atoms with van der Waals surface area (Å²) in [7, 11) is 0. The van der Waals surface area contributed by atoms with Crippen LogP contribution in [0.25, 0.3) is 0 Å². The van der Waals surface area contributed by atoms with Crippen LogP contribution in [0.4, 0.5) is 0 Å². The predicted molar refractivity (Wildman–Crippen MR) is 73.6 cm³/mol. The molecular weight excluding hydrogens is 258 g/mol. The molecule has 1 aliphatic rings. The van der Waals surface area contributed by atoms with Crippen molar-refractivity contribution in [2.45, 2.75) is 52.1 Å². The maximum Gasteiger partial charge on any atom is 0.329 e. The Balaban J connectivity index is 2.39. The highest BCUT2D eigenvalue weighted by atomic mass is 16.4. The second-order valence-corrected chi connectivity index (χ2v) is 5.24. The smallest absolute Gasteiger partial charge is 0.329 e. The number of amides is 1. The Hall–Kier alpha value is -1.85. The number of likely N-dealkylation sites (tertiary alicyclic amines) is 1. The first-order valence-corrected chi connectivity index (χ1v) is 7.06. The highest BCUT2D eigenvalue weighted by Gasteiger charge is 2.49. The van der Waals surface area contributed by atoms with Crippen LogP contribution in [-0.2, 0) is 11.3 Å². The van der Waals surface area contributed by atoms with E-state index in [1.54, 1.807) is 10.7 Å². The summed E-state index contributed by atoms with van der Waals surface area (Å²) >= 11 is 0. The maximum atomic E-state index is 12.7. The molecule has 1 saturated heterocycles. The number of carbonyl (C=O) groups is 2. The number of nitrogens with zero attached hydrogens (tertiary/aromatic N) is 3. The molecule has 1 fully saturated rings. The van der Waals surface area contributed by atoms with Crippen molar-refractivity contribution in [3.63, 3.8) is 0 Å². The molecule has 1 unspecified atom stereocenters. The van der Waals surface area contributed by atoms with Gasteiger partial charge in [-0.2, -0.15) is 5.10 Å². The minimum absolute atomic E-state index is 0.228. The van der Waals surface area contributed by atoms with E-state index in [9.17, 15) is 14.7 Å². The number of aromatic nitrogens is 2. The number of aryl methyl sites for hydroxylation is 2. The van der Waals surface area contributed by atoms with E-state index in [-0.39, 0.29) is 5.91 Å². The Kier molecular flexibility index (Phi) is 3.83. The number of rotatable bonds is 4. The van der Waals surface area contributed by atoms with Gasteiger partial charge in [-0.3, -0.25) is 9.48 Å². The van der Waals surface area contributed by atoms with Gasteiger partial charge in [0.15, 0.2) is 0 Å². The molecule has 2 rings (SSSR count). The van der Waals surface area contributed by atoms with Crippen LogP contribution < -0.4 is 0 Å². The molecule has 0 radical (unpaired) electrons. The third-order valence-electron chi connectivity index (χ3n) is 4.14. The van der Waals surface area contributed by atoms with Crippen molar-refractivity contribution >= 4 is 11.9 Å². The van der Waals surface area contributed by atoms with Gasteiger partial charge in [0.05, 0.1) is 5.69 Å². The molecule has 1 amide bonds. The fourth-order valence-electron chi connectivity index (χ4n) is 3.01. The van der Waals surface area contributed by atoms with Crippen molar-refractivity contribution in [2.75, 3.05) is 6.54 Å². The van der Waals surface area contributed by atoms with Crippen molar-refractivity contribution < 1.29 is 14.7 Å². The summed E-state index contributed by atoms with van der Waals surface area (Å²) in [5.74, 6) is -1.14. The molecule has 6 nitrogen and oxygen atoms in total. The molecule has 0 aliphatic carbocycles. The molecule has 1 aromatic heterocycles. The van der Waals surface area contributed by atoms with E-state index in [2.05, 4.69) is 5.10 Å². The fourth-order valence-corrected chi connectivity index (χ4v) is 3.01.